The van der Waals surface area contributed by atoms with Crippen molar-refractivity contribution in [2.24, 2.45) is 0 Å². The van der Waals surface area contributed by atoms with Crippen molar-refractivity contribution < 1.29 is 4.39 Å². The molecular weight excluding hydrogens is 229 g/mol. The zero-order valence-electron chi connectivity index (χ0n) is 11.2. The highest BCUT2D eigenvalue weighted by molar-refractivity contribution is 5.49. The van der Waals surface area contributed by atoms with Crippen molar-refractivity contribution in [2.75, 3.05) is 44.7 Å². The number of piperazine rings is 1. The minimum absolute atomic E-state index is 0.104. The van der Waals surface area contributed by atoms with Crippen molar-refractivity contribution in [3.05, 3.63) is 29.6 Å². The fourth-order valence-electron chi connectivity index (χ4n) is 2.43. The van der Waals surface area contributed by atoms with Crippen LogP contribution in [0.4, 0.5) is 10.1 Å². The third kappa shape index (κ3) is 3.00. The Morgan fingerprint density at radius 2 is 1.94 bits per heavy atom. The molecule has 0 aromatic heterocycles. The van der Waals surface area contributed by atoms with Crippen molar-refractivity contribution in [3.8, 4) is 0 Å². The molecule has 100 valence electrons. The molecule has 1 aromatic carbocycles. The second-order valence-corrected chi connectivity index (χ2v) is 4.74. The number of halogens is 1. The summed E-state index contributed by atoms with van der Waals surface area (Å²) in [4.78, 5) is 4.54. The molecular formula is C14H22FN3. The maximum Gasteiger partial charge on any atom is 0.146 e. The molecule has 0 saturated carbocycles. The molecule has 1 aliphatic rings. The number of likely N-dealkylation sites (N-methyl/N-ethyl adjacent to an activating group) is 1. The average molecular weight is 251 g/mol. The highest BCUT2D eigenvalue weighted by Gasteiger charge is 2.18. The van der Waals surface area contributed by atoms with E-state index in [2.05, 4.69) is 22.0 Å². The molecule has 2 rings (SSSR count). The number of nitrogens with one attached hydrogen (secondary N) is 1. The number of anilines is 1. The lowest BCUT2D eigenvalue weighted by Gasteiger charge is -2.35. The third-order valence-electron chi connectivity index (χ3n) is 3.55. The van der Waals surface area contributed by atoms with Gasteiger partial charge in [-0.25, -0.2) is 4.39 Å². The molecule has 1 heterocycles. The van der Waals surface area contributed by atoms with Gasteiger partial charge >= 0.3 is 0 Å². The molecule has 1 saturated heterocycles. The van der Waals surface area contributed by atoms with Crippen molar-refractivity contribution >= 4 is 5.69 Å². The fraction of sp³-hybridized carbons (Fsp3) is 0.571. The van der Waals surface area contributed by atoms with Crippen molar-refractivity contribution in [1.82, 2.24) is 10.2 Å². The Balaban J connectivity index is 2.05. The zero-order valence-corrected chi connectivity index (χ0v) is 11.2. The molecule has 1 aromatic rings. The lowest BCUT2D eigenvalue weighted by molar-refractivity contribution is 0.270. The Morgan fingerprint density at radius 1 is 1.22 bits per heavy atom. The van der Waals surface area contributed by atoms with E-state index < -0.39 is 0 Å². The molecule has 0 unspecified atom stereocenters. The topological polar surface area (TPSA) is 18.5 Å². The first-order valence-electron chi connectivity index (χ1n) is 6.65. The molecule has 1 aliphatic heterocycles. The van der Waals surface area contributed by atoms with Crippen LogP contribution in [0.3, 0.4) is 0 Å². The monoisotopic (exact) mass is 251 g/mol. The molecule has 1 N–H and O–H groups in total. The summed E-state index contributed by atoms with van der Waals surface area (Å²) in [7, 11) is 1.87. The van der Waals surface area contributed by atoms with Crippen LogP contribution in [-0.4, -0.2) is 44.7 Å². The lowest BCUT2D eigenvalue weighted by atomic mass is 10.1. The largest absolute Gasteiger partial charge is 0.367 e. The van der Waals surface area contributed by atoms with Gasteiger partial charge in [0.15, 0.2) is 0 Å². The predicted molar refractivity (Wildman–Crippen MR) is 73.5 cm³/mol. The van der Waals surface area contributed by atoms with Gasteiger partial charge in [-0.2, -0.15) is 0 Å². The molecule has 0 radical (unpaired) electrons. The van der Waals surface area contributed by atoms with Gasteiger partial charge in [-0.3, -0.25) is 0 Å². The molecule has 0 spiro atoms. The van der Waals surface area contributed by atoms with E-state index in [-0.39, 0.29) is 5.82 Å². The van der Waals surface area contributed by atoms with E-state index in [1.165, 1.54) is 0 Å². The van der Waals surface area contributed by atoms with Gasteiger partial charge in [0.05, 0.1) is 5.69 Å². The van der Waals surface area contributed by atoms with Gasteiger partial charge in [-0.15, -0.1) is 0 Å². The molecule has 4 heteroatoms. The van der Waals surface area contributed by atoms with Crippen LogP contribution in [0.5, 0.6) is 0 Å². The second kappa shape index (κ2) is 6.16. The van der Waals surface area contributed by atoms with E-state index in [4.69, 9.17) is 0 Å². The van der Waals surface area contributed by atoms with Crippen molar-refractivity contribution in [1.29, 1.82) is 0 Å². The Labute approximate surface area is 109 Å². The molecule has 18 heavy (non-hydrogen) atoms. The van der Waals surface area contributed by atoms with E-state index in [1.807, 2.05) is 19.2 Å². The zero-order chi connectivity index (χ0) is 13.0. The van der Waals surface area contributed by atoms with Crippen LogP contribution in [0.25, 0.3) is 0 Å². The highest BCUT2D eigenvalue weighted by atomic mass is 19.1. The quantitative estimate of drug-likeness (QED) is 0.878. The summed E-state index contributed by atoms with van der Waals surface area (Å²) in [5.74, 6) is -0.104. The van der Waals surface area contributed by atoms with Gasteiger partial charge in [-0.05, 0) is 31.3 Å². The van der Waals surface area contributed by atoms with Gasteiger partial charge in [0, 0.05) is 32.7 Å². The summed E-state index contributed by atoms with van der Waals surface area (Å²) in [6, 6.07) is 5.54. The van der Waals surface area contributed by atoms with E-state index >= 15 is 0 Å². The van der Waals surface area contributed by atoms with E-state index in [9.17, 15) is 4.39 Å². The summed E-state index contributed by atoms with van der Waals surface area (Å²) in [5, 5.41) is 3.04. The smallest absolute Gasteiger partial charge is 0.146 e. The van der Waals surface area contributed by atoms with Crippen LogP contribution in [0.1, 0.15) is 12.5 Å². The van der Waals surface area contributed by atoms with Gasteiger partial charge in [0.2, 0.25) is 0 Å². The third-order valence-corrected chi connectivity index (χ3v) is 3.55. The minimum Gasteiger partial charge on any atom is -0.367 e. The molecule has 0 bridgehead atoms. The Kier molecular flexibility index (Phi) is 4.55. The number of hydrogen-bond acceptors (Lipinski definition) is 3. The first kappa shape index (κ1) is 13.3. The van der Waals surface area contributed by atoms with Gasteiger partial charge in [-0.1, -0.05) is 13.0 Å². The molecule has 3 nitrogen and oxygen atoms in total. The number of benzene rings is 1. The first-order valence-corrected chi connectivity index (χ1v) is 6.65. The van der Waals surface area contributed by atoms with Crippen LogP contribution >= 0.6 is 0 Å². The van der Waals surface area contributed by atoms with Crippen LogP contribution in [0.2, 0.25) is 0 Å². The summed E-state index contributed by atoms with van der Waals surface area (Å²) in [6.45, 7) is 7.83. The fourth-order valence-corrected chi connectivity index (χ4v) is 2.43. The van der Waals surface area contributed by atoms with Gasteiger partial charge in [0.25, 0.3) is 0 Å². The molecule has 1 fully saturated rings. The minimum atomic E-state index is -0.104. The summed E-state index contributed by atoms with van der Waals surface area (Å²) >= 11 is 0. The van der Waals surface area contributed by atoms with Crippen LogP contribution < -0.4 is 10.2 Å². The second-order valence-electron chi connectivity index (χ2n) is 4.74. The number of nitrogens with zero attached hydrogens (tertiary/aromatic N) is 2. The maximum atomic E-state index is 14.1. The summed E-state index contributed by atoms with van der Waals surface area (Å²) in [6.07, 6.45) is 0. The predicted octanol–water partition coefficient (Wildman–Crippen LogP) is 1.69. The standard InChI is InChI=1S/C14H22FN3/c1-3-17-6-8-18(9-7-17)14-5-4-12(11-16-2)10-13(14)15/h4-5,10,16H,3,6-9,11H2,1-2H3. The number of rotatable bonds is 4. The highest BCUT2D eigenvalue weighted by Crippen LogP contribution is 2.21. The first-order chi connectivity index (χ1) is 8.74. The molecule has 0 aliphatic carbocycles. The number of hydrogen-bond donors (Lipinski definition) is 1. The average Bonchev–Trinajstić information content (AvgIpc) is 2.40. The van der Waals surface area contributed by atoms with Crippen LogP contribution in [0.15, 0.2) is 18.2 Å². The van der Waals surface area contributed by atoms with E-state index in [0.717, 1.165) is 44.0 Å². The SMILES string of the molecule is CCN1CCN(c2ccc(CNC)cc2F)CC1. The molecule has 0 amide bonds. The normalized spacial score (nSPS) is 17.2. The van der Waals surface area contributed by atoms with Crippen molar-refractivity contribution in [2.45, 2.75) is 13.5 Å². The molecule has 0 atom stereocenters. The Hall–Kier alpha value is -1.13. The van der Waals surface area contributed by atoms with Crippen LogP contribution in [-0.2, 0) is 6.54 Å². The van der Waals surface area contributed by atoms with Crippen LogP contribution in [0, 0.1) is 5.82 Å². The van der Waals surface area contributed by atoms with Gasteiger partial charge in [0.1, 0.15) is 5.82 Å². The summed E-state index contributed by atoms with van der Waals surface area (Å²) in [5.41, 5.74) is 1.73. The van der Waals surface area contributed by atoms with E-state index in [0.29, 0.717) is 6.54 Å². The van der Waals surface area contributed by atoms with E-state index in [1.54, 1.807) is 6.07 Å². The van der Waals surface area contributed by atoms with Gasteiger partial charge < -0.3 is 15.1 Å². The maximum absolute atomic E-state index is 14.1. The Morgan fingerprint density at radius 3 is 2.50 bits per heavy atom. The Bertz CT molecular complexity index is 387. The lowest BCUT2D eigenvalue weighted by Crippen LogP contribution is -2.46. The summed E-state index contributed by atoms with van der Waals surface area (Å²) < 4.78 is 14.1. The van der Waals surface area contributed by atoms with Crippen molar-refractivity contribution in [3.63, 3.8) is 0 Å².